The van der Waals surface area contributed by atoms with Crippen LogP contribution in [0.4, 0.5) is 13.2 Å². The van der Waals surface area contributed by atoms with Gasteiger partial charge >= 0.3 is 6.18 Å². The summed E-state index contributed by atoms with van der Waals surface area (Å²) in [5.41, 5.74) is -1.83. The first-order chi connectivity index (χ1) is 8.22. The first kappa shape index (κ1) is 14.6. The Bertz CT molecular complexity index is 424. The van der Waals surface area contributed by atoms with Crippen LogP contribution >= 0.6 is 0 Å². The molecule has 0 atom stereocenters. The van der Waals surface area contributed by atoms with Crippen molar-refractivity contribution in [2.75, 3.05) is 0 Å². The van der Waals surface area contributed by atoms with Crippen molar-refractivity contribution in [3.63, 3.8) is 0 Å². The van der Waals surface area contributed by atoms with Gasteiger partial charge in [-0.05, 0) is 12.8 Å². The average Bonchev–Trinajstić information content (AvgIpc) is 2.74. The maximum Gasteiger partial charge on any atom is 0.456 e. The zero-order valence-corrected chi connectivity index (χ0v) is 10.0. The summed E-state index contributed by atoms with van der Waals surface area (Å²) in [7, 11) is 0. The summed E-state index contributed by atoms with van der Waals surface area (Å²) in [4.78, 5) is 10.9. The lowest BCUT2D eigenvalue weighted by Gasteiger charge is -2.24. The zero-order chi connectivity index (χ0) is 14.0. The molecule has 5 nitrogen and oxygen atoms in total. The molecule has 102 valence electrons. The second-order valence-corrected chi connectivity index (χ2v) is 4.06. The standard InChI is InChI=1S/C10H14F3N3O2/c1-3-9(18,4-2)6-16-5-7(14-15-16)8(17)10(11,12)13/h5,18H,3-4,6H2,1-2H3. The number of ketones is 1. The van der Waals surface area contributed by atoms with E-state index in [1.807, 2.05) is 0 Å². The van der Waals surface area contributed by atoms with E-state index in [1.54, 1.807) is 13.8 Å². The molecule has 1 rings (SSSR count). The number of carbonyl (C=O) groups excluding carboxylic acids is 1. The van der Waals surface area contributed by atoms with Gasteiger partial charge in [0.1, 0.15) is 0 Å². The van der Waals surface area contributed by atoms with E-state index >= 15 is 0 Å². The molecule has 18 heavy (non-hydrogen) atoms. The molecule has 0 saturated carbocycles. The lowest BCUT2D eigenvalue weighted by Crippen LogP contribution is -2.32. The maximum absolute atomic E-state index is 12.1. The Labute approximate surface area is 102 Å². The second-order valence-electron chi connectivity index (χ2n) is 4.06. The van der Waals surface area contributed by atoms with Crippen LogP contribution in [0.5, 0.6) is 0 Å². The second kappa shape index (κ2) is 5.05. The van der Waals surface area contributed by atoms with Gasteiger partial charge in [0.25, 0.3) is 5.78 Å². The van der Waals surface area contributed by atoms with E-state index in [4.69, 9.17) is 0 Å². The van der Waals surface area contributed by atoms with Crippen molar-refractivity contribution in [2.24, 2.45) is 0 Å². The predicted molar refractivity (Wildman–Crippen MR) is 55.9 cm³/mol. The van der Waals surface area contributed by atoms with Crippen LogP contribution in [0.3, 0.4) is 0 Å². The van der Waals surface area contributed by atoms with Gasteiger partial charge in [0.15, 0.2) is 5.69 Å². The molecule has 0 aliphatic rings. The van der Waals surface area contributed by atoms with Crippen LogP contribution in [0.15, 0.2) is 6.20 Å². The number of aromatic nitrogens is 3. The van der Waals surface area contributed by atoms with Crippen LogP contribution < -0.4 is 0 Å². The molecule has 0 spiro atoms. The zero-order valence-electron chi connectivity index (χ0n) is 10.0. The van der Waals surface area contributed by atoms with Gasteiger partial charge in [-0.15, -0.1) is 5.10 Å². The number of nitrogens with zero attached hydrogens (tertiary/aromatic N) is 3. The summed E-state index contributed by atoms with van der Waals surface area (Å²) in [6, 6.07) is 0. The molecule has 0 radical (unpaired) electrons. The molecule has 8 heteroatoms. The molecule has 0 fully saturated rings. The van der Waals surface area contributed by atoms with E-state index in [2.05, 4.69) is 10.3 Å². The van der Waals surface area contributed by atoms with Crippen molar-refractivity contribution in [2.45, 2.75) is 45.0 Å². The van der Waals surface area contributed by atoms with Crippen molar-refractivity contribution in [1.29, 1.82) is 0 Å². The molecular formula is C10H14F3N3O2. The van der Waals surface area contributed by atoms with Gasteiger partial charge in [-0.25, -0.2) is 4.68 Å². The Morgan fingerprint density at radius 2 is 1.94 bits per heavy atom. The number of halogens is 3. The molecule has 0 aliphatic carbocycles. The van der Waals surface area contributed by atoms with Crippen molar-refractivity contribution in [3.05, 3.63) is 11.9 Å². The third kappa shape index (κ3) is 3.28. The molecule has 1 N–H and O–H groups in total. The number of alkyl halides is 3. The van der Waals surface area contributed by atoms with Gasteiger partial charge < -0.3 is 5.11 Å². The molecular weight excluding hydrogens is 251 g/mol. The topological polar surface area (TPSA) is 68.0 Å². The Hall–Kier alpha value is -1.44. The third-order valence-corrected chi connectivity index (χ3v) is 2.80. The highest BCUT2D eigenvalue weighted by molar-refractivity contribution is 5.98. The Balaban J connectivity index is 2.85. The molecule has 1 aromatic rings. The van der Waals surface area contributed by atoms with Gasteiger partial charge in [0.05, 0.1) is 18.3 Å². The lowest BCUT2D eigenvalue weighted by molar-refractivity contribution is -0.0888. The minimum absolute atomic E-state index is 0.00185. The Morgan fingerprint density at radius 3 is 2.39 bits per heavy atom. The predicted octanol–water partition coefficient (Wildman–Crippen LogP) is 1.57. The van der Waals surface area contributed by atoms with E-state index in [0.717, 1.165) is 10.9 Å². The molecule has 0 aromatic carbocycles. The SMILES string of the molecule is CCC(O)(CC)Cn1cc(C(=O)C(F)(F)F)nn1. The highest BCUT2D eigenvalue weighted by atomic mass is 19.4. The van der Waals surface area contributed by atoms with E-state index in [0.29, 0.717) is 12.8 Å². The molecule has 1 heterocycles. The first-order valence-electron chi connectivity index (χ1n) is 5.46. The van der Waals surface area contributed by atoms with E-state index in [-0.39, 0.29) is 6.54 Å². The summed E-state index contributed by atoms with van der Waals surface area (Å²) in [6.07, 6.45) is -3.23. The number of hydrogen-bond donors (Lipinski definition) is 1. The van der Waals surface area contributed by atoms with Gasteiger partial charge in [0.2, 0.25) is 0 Å². The quantitative estimate of drug-likeness (QED) is 0.821. The number of hydrogen-bond acceptors (Lipinski definition) is 4. The van der Waals surface area contributed by atoms with Gasteiger partial charge in [-0.3, -0.25) is 4.79 Å². The third-order valence-electron chi connectivity index (χ3n) is 2.80. The number of aliphatic hydroxyl groups is 1. The summed E-state index contributed by atoms with van der Waals surface area (Å²) >= 11 is 0. The highest BCUT2D eigenvalue weighted by Gasteiger charge is 2.41. The van der Waals surface area contributed by atoms with Crippen molar-refractivity contribution < 1.29 is 23.1 Å². The fraction of sp³-hybridized carbons (Fsp3) is 0.700. The molecule has 0 unspecified atom stereocenters. The van der Waals surface area contributed by atoms with Gasteiger partial charge in [-0.1, -0.05) is 19.1 Å². The first-order valence-corrected chi connectivity index (χ1v) is 5.46. The van der Waals surface area contributed by atoms with E-state index in [1.165, 1.54) is 0 Å². The number of Topliss-reactive ketones (excluding diaryl/α,β-unsaturated/α-hetero) is 1. The van der Waals surface area contributed by atoms with Crippen molar-refractivity contribution in [1.82, 2.24) is 15.0 Å². The minimum atomic E-state index is -4.97. The lowest BCUT2D eigenvalue weighted by atomic mass is 9.98. The largest absolute Gasteiger partial charge is 0.456 e. The fourth-order valence-corrected chi connectivity index (χ4v) is 1.40. The summed E-state index contributed by atoms with van der Waals surface area (Å²) < 4.78 is 37.5. The van der Waals surface area contributed by atoms with Gasteiger partial charge in [0, 0.05) is 0 Å². The summed E-state index contributed by atoms with van der Waals surface area (Å²) in [6.45, 7) is 3.50. The van der Waals surface area contributed by atoms with Crippen LogP contribution in [-0.2, 0) is 6.54 Å². The van der Waals surface area contributed by atoms with Crippen LogP contribution in [-0.4, -0.2) is 37.7 Å². The normalized spacial score (nSPS) is 12.8. The summed E-state index contributed by atoms with van der Waals surface area (Å²) in [5, 5.41) is 16.6. The van der Waals surface area contributed by atoms with Crippen LogP contribution in [0.2, 0.25) is 0 Å². The molecule has 0 aliphatic heterocycles. The molecule has 0 bridgehead atoms. The van der Waals surface area contributed by atoms with Crippen molar-refractivity contribution >= 4 is 5.78 Å². The Kier molecular flexibility index (Phi) is 4.10. The molecule has 1 aromatic heterocycles. The van der Waals surface area contributed by atoms with Crippen LogP contribution in [0, 0.1) is 0 Å². The highest BCUT2D eigenvalue weighted by Crippen LogP contribution is 2.21. The number of rotatable bonds is 5. The fourth-order valence-electron chi connectivity index (χ4n) is 1.40. The van der Waals surface area contributed by atoms with Gasteiger partial charge in [-0.2, -0.15) is 13.2 Å². The Morgan fingerprint density at radius 1 is 1.39 bits per heavy atom. The molecule has 0 saturated heterocycles. The van der Waals surface area contributed by atoms with Crippen LogP contribution in [0.25, 0.3) is 0 Å². The summed E-state index contributed by atoms with van der Waals surface area (Å²) in [5.74, 6) is -2.04. The smallest absolute Gasteiger partial charge is 0.388 e. The maximum atomic E-state index is 12.1. The average molecular weight is 265 g/mol. The van der Waals surface area contributed by atoms with E-state index < -0.39 is 23.3 Å². The van der Waals surface area contributed by atoms with E-state index in [9.17, 15) is 23.1 Å². The minimum Gasteiger partial charge on any atom is -0.388 e. The van der Waals surface area contributed by atoms with Crippen LogP contribution in [0.1, 0.15) is 37.2 Å². The monoisotopic (exact) mass is 265 g/mol. The van der Waals surface area contributed by atoms with Crippen molar-refractivity contribution in [3.8, 4) is 0 Å². The number of carbonyl (C=O) groups is 1. The molecule has 0 amide bonds.